The van der Waals surface area contributed by atoms with E-state index < -0.39 is 19.1 Å². The van der Waals surface area contributed by atoms with E-state index in [4.69, 9.17) is 5.11 Å². The van der Waals surface area contributed by atoms with Crippen molar-refractivity contribution in [1.82, 2.24) is 4.98 Å². The lowest BCUT2D eigenvalue weighted by molar-refractivity contribution is -0.0373. The van der Waals surface area contributed by atoms with Gasteiger partial charge in [-0.2, -0.15) is 0 Å². The summed E-state index contributed by atoms with van der Waals surface area (Å²) in [7, 11) is 1.69. The Morgan fingerprint density at radius 3 is 2.67 bits per heavy atom. The van der Waals surface area contributed by atoms with Gasteiger partial charge >= 0.3 is 0 Å². The summed E-state index contributed by atoms with van der Waals surface area (Å²) in [5, 5.41) is 13.6. The highest BCUT2D eigenvalue weighted by Crippen LogP contribution is 2.14. The lowest BCUT2D eigenvalue weighted by Gasteiger charge is -2.14. The maximum absolute atomic E-state index is 12.7. The molecule has 1 aromatic rings. The number of rotatable bonds is 5. The number of nitrogens with zero attached hydrogens (tertiary/aromatic N) is 1. The number of nitrogens with one attached hydrogen (secondary N) is 2. The van der Waals surface area contributed by atoms with Gasteiger partial charge in [0.1, 0.15) is 18.2 Å². The molecular weight excluding hydrogens is 204 g/mol. The van der Waals surface area contributed by atoms with Gasteiger partial charge in [-0.05, 0) is 12.1 Å². The van der Waals surface area contributed by atoms with Crippen LogP contribution in [0.5, 0.6) is 0 Å². The van der Waals surface area contributed by atoms with Crippen molar-refractivity contribution in [2.45, 2.75) is 5.92 Å². The Balaban J connectivity index is 2.57. The summed E-state index contributed by atoms with van der Waals surface area (Å²) >= 11 is 0. The molecule has 4 nitrogen and oxygen atoms in total. The largest absolute Gasteiger partial charge is 0.390 e. The molecule has 1 heterocycles. The Labute approximate surface area is 86.3 Å². The molecule has 0 spiro atoms. The van der Waals surface area contributed by atoms with Crippen molar-refractivity contribution in [2.24, 2.45) is 0 Å². The van der Waals surface area contributed by atoms with Gasteiger partial charge in [-0.25, -0.2) is 13.8 Å². The fourth-order valence-electron chi connectivity index (χ4n) is 0.948. The highest BCUT2D eigenvalue weighted by Gasteiger charge is 2.27. The van der Waals surface area contributed by atoms with E-state index in [0.717, 1.165) is 0 Å². The molecule has 0 aliphatic heterocycles. The van der Waals surface area contributed by atoms with Gasteiger partial charge in [-0.1, -0.05) is 6.07 Å². The van der Waals surface area contributed by atoms with E-state index in [1.807, 2.05) is 0 Å². The first-order chi connectivity index (χ1) is 7.07. The van der Waals surface area contributed by atoms with Crippen LogP contribution in [0.15, 0.2) is 18.2 Å². The molecule has 0 unspecified atom stereocenters. The van der Waals surface area contributed by atoms with Crippen molar-refractivity contribution in [3.05, 3.63) is 18.2 Å². The Morgan fingerprint density at radius 1 is 1.40 bits per heavy atom. The first-order valence-corrected chi connectivity index (χ1v) is 4.45. The number of hydrogen-bond acceptors (Lipinski definition) is 4. The van der Waals surface area contributed by atoms with Crippen molar-refractivity contribution in [2.75, 3.05) is 30.8 Å². The Kier molecular flexibility index (Phi) is 3.79. The number of anilines is 2. The van der Waals surface area contributed by atoms with Crippen LogP contribution in [0.4, 0.5) is 20.4 Å². The average molecular weight is 217 g/mol. The highest BCUT2D eigenvalue weighted by molar-refractivity contribution is 5.44. The maximum atomic E-state index is 12.7. The second kappa shape index (κ2) is 4.88. The molecule has 1 aromatic heterocycles. The topological polar surface area (TPSA) is 57.2 Å². The van der Waals surface area contributed by atoms with Crippen molar-refractivity contribution >= 4 is 11.6 Å². The monoisotopic (exact) mass is 217 g/mol. The second-order valence-corrected chi connectivity index (χ2v) is 3.03. The number of hydrogen-bond donors (Lipinski definition) is 3. The first kappa shape index (κ1) is 11.6. The molecular formula is C9H13F2N3O. The smallest absolute Gasteiger partial charge is 0.287 e. The summed E-state index contributed by atoms with van der Waals surface area (Å²) in [5.74, 6) is -2.19. The van der Waals surface area contributed by atoms with Crippen LogP contribution in [0.25, 0.3) is 0 Å². The predicted molar refractivity (Wildman–Crippen MR) is 54.3 cm³/mol. The lowest BCUT2D eigenvalue weighted by Crippen LogP contribution is -2.31. The molecule has 15 heavy (non-hydrogen) atoms. The molecule has 0 radical (unpaired) electrons. The molecule has 6 heteroatoms. The van der Waals surface area contributed by atoms with Crippen molar-refractivity contribution in [3.8, 4) is 0 Å². The van der Waals surface area contributed by atoms with E-state index in [1.54, 1.807) is 25.2 Å². The predicted octanol–water partition coefficient (Wildman–Crippen LogP) is 1.16. The zero-order valence-electron chi connectivity index (χ0n) is 8.30. The van der Waals surface area contributed by atoms with Gasteiger partial charge in [-0.3, -0.25) is 0 Å². The third-order valence-electron chi connectivity index (χ3n) is 1.76. The normalized spacial score (nSPS) is 11.2. The standard InChI is InChI=1S/C9H13F2N3O/c1-12-7-3-2-4-8(14-7)13-5-9(10,11)6-15/h2-4,15H,5-6H2,1H3,(H2,12,13,14). The molecule has 0 saturated carbocycles. The lowest BCUT2D eigenvalue weighted by atomic mass is 10.3. The SMILES string of the molecule is CNc1cccc(NCC(F)(F)CO)n1. The number of aliphatic hydroxyl groups is 1. The van der Waals surface area contributed by atoms with E-state index in [-0.39, 0.29) is 0 Å². The van der Waals surface area contributed by atoms with Crippen LogP contribution in [0.2, 0.25) is 0 Å². The van der Waals surface area contributed by atoms with E-state index in [9.17, 15) is 8.78 Å². The van der Waals surface area contributed by atoms with Crippen LogP contribution < -0.4 is 10.6 Å². The minimum Gasteiger partial charge on any atom is -0.390 e. The molecule has 0 bridgehead atoms. The minimum absolute atomic E-state index is 0.343. The third kappa shape index (κ3) is 3.67. The van der Waals surface area contributed by atoms with Gasteiger partial charge in [0.25, 0.3) is 5.92 Å². The fourth-order valence-corrected chi connectivity index (χ4v) is 0.948. The van der Waals surface area contributed by atoms with Crippen molar-refractivity contribution in [1.29, 1.82) is 0 Å². The Morgan fingerprint density at radius 2 is 2.07 bits per heavy atom. The van der Waals surface area contributed by atoms with Gasteiger partial charge in [-0.15, -0.1) is 0 Å². The van der Waals surface area contributed by atoms with E-state index in [1.165, 1.54) is 0 Å². The molecule has 0 saturated heterocycles. The van der Waals surface area contributed by atoms with Crippen LogP contribution in [0.3, 0.4) is 0 Å². The third-order valence-corrected chi connectivity index (χ3v) is 1.76. The van der Waals surface area contributed by atoms with Gasteiger partial charge in [0, 0.05) is 7.05 Å². The molecule has 0 amide bonds. The molecule has 1 rings (SSSR count). The second-order valence-electron chi connectivity index (χ2n) is 3.03. The Bertz CT molecular complexity index is 320. The maximum Gasteiger partial charge on any atom is 0.287 e. The summed E-state index contributed by atoms with van der Waals surface area (Å²) in [5.41, 5.74) is 0. The van der Waals surface area contributed by atoms with E-state index in [2.05, 4.69) is 15.6 Å². The summed E-state index contributed by atoms with van der Waals surface area (Å²) in [6, 6.07) is 4.99. The zero-order chi connectivity index (χ0) is 11.3. The summed E-state index contributed by atoms with van der Waals surface area (Å²) in [6.45, 7) is -1.81. The molecule has 0 atom stereocenters. The first-order valence-electron chi connectivity index (χ1n) is 4.45. The number of alkyl halides is 2. The van der Waals surface area contributed by atoms with Crippen LogP contribution in [-0.4, -0.2) is 36.2 Å². The van der Waals surface area contributed by atoms with Crippen LogP contribution in [0.1, 0.15) is 0 Å². The number of pyridine rings is 1. The zero-order valence-corrected chi connectivity index (χ0v) is 8.30. The van der Waals surface area contributed by atoms with E-state index >= 15 is 0 Å². The Hall–Kier alpha value is -1.43. The van der Waals surface area contributed by atoms with Crippen molar-refractivity contribution < 1.29 is 13.9 Å². The van der Waals surface area contributed by atoms with Crippen LogP contribution >= 0.6 is 0 Å². The average Bonchev–Trinajstić information content (AvgIpc) is 2.27. The summed E-state index contributed by atoms with van der Waals surface area (Å²) in [4.78, 5) is 3.99. The molecule has 0 aliphatic carbocycles. The van der Waals surface area contributed by atoms with Crippen LogP contribution in [0, 0.1) is 0 Å². The van der Waals surface area contributed by atoms with Gasteiger partial charge < -0.3 is 15.7 Å². The number of aliphatic hydroxyl groups excluding tert-OH is 1. The molecule has 3 N–H and O–H groups in total. The quantitative estimate of drug-likeness (QED) is 0.692. The highest BCUT2D eigenvalue weighted by atomic mass is 19.3. The summed E-state index contributed by atoms with van der Waals surface area (Å²) in [6.07, 6.45) is 0. The molecule has 84 valence electrons. The minimum atomic E-state index is -3.13. The number of aromatic nitrogens is 1. The molecule has 0 fully saturated rings. The molecule has 0 aromatic carbocycles. The number of halogens is 2. The molecule has 0 aliphatic rings. The van der Waals surface area contributed by atoms with Gasteiger partial charge in [0.15, 0.2) is 0 Å². The van der Waals surface area contributed by atoms with Crippen LogP contribution in [-0.2, 0) is 0 Å². The van der Waals surface area contributed by atoms with Crippen molar-refractivity contribution in [3.63, 3.8) is 0 Å². The van der Waals surface area contributed by atoms with Gasteiger partial charge in [0.05, 0.1) is 6.54 Å². The van der Waals surface area contributed by atoms with E-state index in [0.29, 0.717) is 11.6 Å². The summed E-state index contributed by atoms with van der Waals surface area (Å²) < 4.78 is 25.3. The fraction of sp³-hybridized carbons (Fsp3) is 0.444. The van der Waals surface area contributed by atoms with Gasteiger partial charge in [0.2, 0.25) is 0 Å².